The Kier molecular flexibility index (Phi) is 4.93. The fourth-order valence-electron chi connectivity index (χ4n) is 2.04. The molecule has 0 fully saturated rings. The number of aromatic nitrogens is 1. The van der Waals surface area contributed by atoms with Gasteiger partial charge >= 0.3 is 6.03 Å². The summed E-state index contributed by atoms with van der Waals surface area (Å²) in [6.07, 6.45) is 1.73. The number of urea groups is 1. The number of nitrogens with zero attached hydrogens (tertiary/aromatic N) is 2. The van der Waals surface area contributed by atoms with E-state index in [1.165, 1.54) is 5.56 Å². The number of hydrogen-bond donors (Lipinski definition) is 1. The van der Waals surface area contributed by atoms with Crippen molar-refractivity contribution in [2.45, 2.75) is 26.4 Å². The number of nitrogens with one attached hydrogen (secondary N) is 1. The maximum Gasteiger partial charge on any atom is 0.317 e. The molecule has 0 aliphatic carbocycles. The van der Waals surface area contributed by atoms with Gasteiger partial charge in [0.2, 0.25) is 0 Å². The van der Waals surface area contributed by atoms with E-state index in [-0.39, 0.29) is 12.1 Å². The Morgan fingerprint density at radius 3 is 2.57 bits per heavy atom. The van der Waals surface area contributed by atoms with Gasteiger partial charge in [0.15, 0.2) is 0 Å². The Balaban J connectivity index is 1.92. The molecule has 1 unspecified atom stereocenters. The predicted molar refractivity (Wildman–Crippen MR) is 83.8 cm³/mol. The molecule has 1 aromatic heterocycles. The van der Waals surface area contributed by atoms with E-state index >= 15 is 0 Å². The van der Waals surface area contributed by atoms with Crippen molar-refractivity contribution in [1.29, 1.82) is 0 Å². The number of pyridine rings is 1. The third kappa shape index (κ3) is 4.31. The molecule has 4 heteroatoms. The fourth-order valence-corrected chi connectivity index (χ4v) is 2.04. The molecule has 4 nitrogen and oxygen atoms in total. The van der Waals surface area contributed by atoms with Crippen molar-refractivity contribution in [1.82, 2.24) is 15.2 Å². The molecular weight excluding hydrogens is 262 g/mol. The second kappa shape index (κ2) is 6.88. The minimum atomic E-state index is -0.112. The monoisotopic (exact) mass is 283 g/mol. The van der Waals surface area contributed by atoms with Crippen LogP contribution in [0.25, 0.3) is 0 Å². The van der Waals surface area contributed by atoms with Crippen LogP contribution in [0.15, 0.2) is 48.7 Å². The summed E-state index contributed by atoms with van der Waals surface area (Å²) < 4.78 is 0. The SMILES string of the molecule is Cc1ccc(CN(C)C(=O)NC(C)c2ccccn2)cc1. The van der Waals surface area contributed by atoms with E-state index in [4.69, 9.17) is 0 Å². The minimum absolute atomic E-state index is 0.103. The molecule has 1 heterocycles. The highest BCUT2D eigenvalue weighted by Crippen LogP contribution is 2.10. The molecule has 0 radical (unpaired) electrons. The quantitative estimate of drug-likeness (QED) is 0.935. The van der Waals surface area contributed by atoms with Crippen LogP contribution < -0.4 is 5.32 Å². The van der Waals surface area contributed by atoms with E-state index in [0.29, 0.717) is 6.54 Å². The lowest BCUT2D eigenvalue weighted by Gasteiger charge is -2.21. The van der Waals surface area contributed by atoms with Gasteiger partial charge in [-0.2, -0.15) is 0 Å². The largest absolute Gasteiger partial charge is 0.330 e. The van der Waals surface area contributed by atoms with Crippen molar-refractivity contribution in [2.24, 2.45) is 0 Å². The average Bonchev–Trinajstić information content (AvgIpc) is 2.50. The Bertz CT molecular complexity index is 581. The van der Waals surface area contributed by atoms with Crippen molar-refractivity contribution < 1.29 is 4.79 Å². The van der Waals surface area contributed by atoms with E-state index in [9.17, 15) is 4.79 Å². The van der Waals surface area contributed by atoms with E-state index in [0.717, 1.165) is 11.3 Å². The molecule has 21 heavy (non-hydrogen) atoms. The number of benzene rings is 1. The van der Waals surface area contributed by atoms with Crippen molar-refractivity contribution in [2.75, 3.05) is 7.05 Å². The van der Waals surface area contributed by atoms with Gasteiger partial charge in [-0.05, 0) is 31.5 Å². The lowest BCUT2D eigenvalue weighted by Crippen LogP contribution is -2.38. The van der Waals surface area contributed by atoms with Gasteiger partial charge in [0.1, 0.15) is 0 Å². The Morgan fingerprint density at radius 2 is 1.95 bits per heavy atom. The number of aryl methyl sites for hydroxylation is 1. The maximum absolute atomic E-state index is 12.2. The summed E-state index contributed by atoms with van der Waals surface area (Å²) in [6, 6.07) is 13.7. The summed E-state index contributed by atoms with van der Waals surface area (Å²) in [5, 5.41) is 2.95. The van der Waals surface area contributed by atoms with E-state index < -0.39 is 0 Å². The van der Waals surface area contributed by atoms with Crippen LogP contribution in [0.2, 0.25) is 0 Å². The number of carbonyl (C=O) groups excluding carboxylic acids is 1. The highest BCUT2D eigenvalue weighted by atomic mass is 16.2. The van der Waals surface area contributed by atoms with Crippen molar-refractivity contribution in [3.05, 3.63) is 65.5 Å². The average molecular weight is 283 g/mol. The van der Waals surface area contributed by atoms with Gasteiger partial charge in [0.25, 0.3) is 0 Å². The summed E-state index contributed by atoms with van der Waals surface area (Å²) in [5.74, 6) is 0. The lowest BCUT2D eigenvalue weighted by atomic mass is 10.1. The molecule has 1 aromatic carbocycles. The maximum atomic E-state index is 12.2. The summed E-state index contributed by atoms with van der Waals surface area (Å²) in [6.45, 7) is 4.57. The zero-order valence-electron chi connectivity index (χ0n) is 12.7. The van der Waals surface area contributed by atoms with Crippen molar-refractivity contribution in [3.8, 4) is 0 Å². The lowest BCUT2D eigenvalue weighted by molar-refractivity contribution is 0.203. The molecule has 1 atom stereocenters. The Labute approximate surface area is 125 Å². The first-order valence-electron chi connectivity index (χ1n) is 7.04. The first-order chi connectivity index (χ1) is 10.1. The van der Waals surface area contributed by atoms with Gasteiger partial charge in [-0.3, -0.25) is 4.98 Å². The highest BCUT2D eigenvalue weighted by Gasteiger charge is 2.14. The Hall–Kier alpha value is -2.36. The van der Waals surface area contributed by atoms with Crippen LogP contribution >= 0.6 is 0 Å². The molecule has 2 amide bonds. The summed E-state index contributed by atoms with van der Waals surface area (Å²) in [4.78, 5) is 18.1. The molecule has 0 bridgehead atoms. The number of carbonyl (C=O) groups is 1. The smallest absolute Gasteiger partial charge is 0.317 e. The predicted octanol–water partition coefficient (Wildman–Crippen LogP) is 3.29. The van der Waals surface area contributed by atoms with Crippen LogP contribution in [-0.4, -0.2) is 23.0 Å². The molecule has 0 saturated carbocycles. The summed E-state index contributed by atoms with van der Waals surface area (Å²) in [7, 11) is 1.79. The first-order valence-corrected chi connectivity index (χ1v) is 7.04. The van der Waals surface area contributed by atoms with Gasteiger partial charge in [-0.1, -0.05) is 35.9 Å². The molecular formula is C17H21N3O. The van der Waals surface area contributed by atoms with Crippen LogP contribution in [0.5, 0.6) is 0 Å². The number of rotatable bonds is 4. The van der Waals surface area contributed by atoms with Gasteiger partial charge in [0, 0.05) is 19.8 Å². The standard InChI is InChI=1S/C17H21N3O/c1-13-7-9-15(10-8-13)12-20(3)17(21)19-14(2)16-6-4-5-11-18-16/h4-11,14H,12H2,1-3H3,(H,19,21). The second-order valence-electron chi connectivity index (χ2n) is 5.27. The molecule has 1 N–H and O–H groups in total. The fraction of sp³-hybridized carbons (Fsp3) is 0.294. The Morgan fingerprint density at radius 1 is 1.24 bits per heavy atom. The van der Waals surface area contributed by atoms with Crippen LogP contribution in [0.1, 0.15) is 29.8 Å². The molecule has 2 rings (SSSR count). The van der Waals surface area contributed by atoms with Crippen molar-refractivity contribution in [3.63, 3.8) is 0 Å². The zero-order chi connectivity index (χ0) is 15.2. The van der Waals surface area contributed by atoms with Gasteiger partial charge < -0.3 is 10.2 Å². The normalized spacial score (nSPS) is 11.8. The van der Waals surface area contributed by atoms with Crippen LogP contribution in [-0.2, 0) is 6.54 Å². The molecule has 0 aliphatic rings. The molecule has 0 saturated heterocycles. The second-order valence-corrected chi connectivity index (χ2v) is 5.27. The minimum Gasteiger partial charge on any atom is -0.330 e. The van der Waals surface area contributed by atoms with E-state index in [2.05, 4.69) is 29.4 Å². The number of hydrogen-bond acceptors (Lipinski definition) is 2. The van der Waals surface area contributed by atoms with Gasteiger partial charge in [-0.25, -0.2) is 4.79 Å². The van der Waals surface area contributed by atoms with Gasteiger partial charge in [-0.15, -0.1) is 0 Å². The molecule has 2 aromatic rings. The van der Waals surface area contributed by atoms with E-state index in [1.54, 1.807) is 18.1 Å². The number of amides is 2. The van der Waals surface area contributed by atoms with Gasteiger partial charge in [0.05, 0.1) is 11.7 Å². The van der Waals surface area contributed by atoms with Crippen molar-refractivity contribution >= 4 is 6.03 Å². The third-order valence-electron chi connectivity index (χ3n) is 3.36. The third-order valence-corrected chi connectivity index (χ3v) is 3.36. The van der Waals surface area contributed by atoms with Crippen LogP contribution in [0.4, 0.5) is 4.79 Å². The van der Waals surface area contributed by atoms with E-state index in [1.807, 2.05) is 37.3 Å². The molecule has 0 aliphatic heterocycles. The topological polar surface area (TPSA) is 45.2 Å². The summed E-state index contributed by atoms with van der Waals surface area (Å²) >= 11 is 0. The van der Waals surface area contributed by atoms with Crippen LogP contribution in [0, 0.1) is 6.92 Å². The summed E-state index contributed by atoms with van der Waals surface area (Å²) in [5.41, 5.74) is 3.19. The first kappa shape index (κ1) is 15.0. The molecule has 0 spiro atoms. The zero-order valence-corrected chi connectivity index (χ0v) is 12.7. The molecule has 110 valence electrons. The van der Waals surface area contributed by atoms with Crippen LogP contribution in [0.3, 0.4) is 0 Å². The highest BCUT2D eigenvalue weighted by molar-refractivity contribution is 5.74.